The fraction of sp³-hybridized carbons (Fsp3) is 1.00. The average molecular weight is 204 g/mol. The largest absolute Gasteiger partial charge is 0.394 e. The van der Waals surface area contributed by atoms with Crippen LogP contribution in [0, 0.1) is 0 Å². The second-order valence-electron chi connectivity index (χ2n) is 4.19. The van der Waals surface area contributed by atoms with Crippen LogP contribution in [0.5, 0.6) is 0 Å². The standard InChI is InChI=1S/C9H16O5/c1-9(2)13-6-4-12-7(5(11)3-10)8(6)14-9/h5-8,10-11H,3-4H2,1-2H3/t5?,6?,7-,8-/m0/s1. The first-order valence-corrected chi connectivity index (χ1v) is 4.79. The maximum Gasteiger partial charge on any atom is 0.164 e. The molecule has 0 bridgehead atoms. The van der Waals surface area contributed by atoms with Gasteiger partial charge in [-0.25, -0.2) is 0 Å². The first kappa shape index (κ1) is 10.3. The van der Waals surface area contributed by atoms with Gasteiger partial charge in [-0.1, -0.05) is 0 Å². The summed E-state index contributed by atoms with van der Waals surface area (Å²) in [4.78, 5) is 0. The molecular formula is C9H16O5. The van der Waals surface area contributed by atoms with E-state index in [2.05, 4.69) is 0 Å². The molecule has 5 heteroatoms. The van der Waals surface area contributed by atoms with Gasteiger partial charge in [-0.3, -0.25) is 0 Å². The van der Waals surface area contributed by atoms with E-state index in [0.717, 1.165) is 0 Å². The molecule has 0 amide bonds. The Labute approximate surface area is 82.6 Å². The maximum absolute atomic E-state index is 9.46. The number of hydrogen-bond donors (Lipinski definition) is 2. The van der Waals surface area contributed by atoms with E-state index in [1.54, 1.807) is 0 Å². The lowest BCUT2D eigenvalue weighted by molar-refractivity contribution is -0.186. The van der Waals surface area contributed by atoms with Crippen molar-refractivity contribution in [2.24, 2.45) is 0 Å². The minimum absolute atomic E-state index is 0.129. The van der Waals surface area contributed by atoms with E-state index in [1.807, 2.05) is 13.8 Å². The van der Waals surface area contributed by atoms with Gasteiger partial charge in [0.25, 0.3) is 0 Å². The molecule has 4 atom stereocenters. The van der Waals surface area contributed by atoms with Crippen molar-refractivity contribution in [3.63, 3.8) is 0 Å². The van der Waals surface area contributed by atoms with Crippen LogP contribution < -0.4 is 0 Å². The van der Waals surface area contributed by atoms with Gasteiger partial charge < -0.3 is 24.4 Å². The SMILES string of the molecule is CC1(C)OC2CO[C@@H](C(O)CO)[C@H]2O1. The first-order valence-electron chi connectivity index (χ1n) is 4.79. The van der Waals surface area contributed by atoms with E-state index in [4.69, 9.17) is 19.3 Å². The molecule has 82 valence electrons. The molecule has 5 nitrogen and oxygen atoms in total. The minimum atomic E-state index is -0.900. The Hall–Kier alpha value is -0.200. The third-order valence-corrected chi connectivity index (χ3v) is 2.56. The minimum Gasteiger partial charge on any atom is -0.394 e. The molecule has 2 aliphatic heterocycles. The van der Waals surface area contributed by atoms with Crippen molar-refractivity contribution in [1.82, 2.24) is 0 Å². The van der Waals surface area contributed by atoms with Crippen molar-refractivity contribution < 1.29 is 24.4 Å². The Morgan fingerprint density at radius 1 is 1.43 bits per heavy atom. The second kappa shape index (κ2) is 3.43. The van der Waals surface area contributed by atoms with E-state index in [-0.39, 0.29) is 18.8 Å². The fourth-order valence-electron chi connectivity index (χ4n) is 2.01. The van der Waals surface area contributed by atoms with Crippen molar-refractivity contribution >= 4 is 0 Å². The number of hydrogen-bond acceptors (Lipinski definition) is 5. The van der Waals surface area contributed by atoms with Gasteiger partial charge in [-0.05, 0) is 13.8 Å². The van der Waals surface area contributed by atoms with Crippen LogP contribution in [0.15, 0.2) is 0 Å². The summed E-state index contributed by atoms with van der Waals surface area (Å²) in [5, 5.41) is 18.3. The van der Waals surface area contributed by atoms with Gasteiger partial charge in [0.15, 0.2) is 5.79 Å². The molecule has 0 spiro atoms. The molecule has 2 aliphatic rings. The quantitative estimate of drug-likeness (QED) is 0.620. The molecule has 0 aromatic rings. The summed E-state index contributed by atoms with van der Waals surface area (Å²) in [7, 11) is 0. The summed E-state index contributed by atoms with van der Waals surface area (Å²) in [5.74, 6) is -0.619. The zero-order valence-corrected chi connectivity index (χ0v) is 8.34. The lowest BCUT2D eigenvalue weighted by Gasteiger charge is -2.23. The fourth-order valence-corrected chi connectivity index (χ4v) is 2.01. The molecule has 2 saturated heterocycles. The van der Waals surface area contributed by atoms with Gasteiger partial charge in [0.1, 0.15) is 24.4 Å². The van der Waals surface area contributed by atoms with Crippen molar-refractivity contribution in [3.05, 3.63) is 0 Å². The van der Waals surface area contributed by atoms with Crippen LogP contribution in [0.1, 0.15) is 13.8 Å². The van der Waals surface area contributed by atoms with E-state index in [0.29, 0.717) is 6.61 Å². The van der Waals surface area contributed by atoms with E-state index < -0.39 is 18.0 Å². The van der Waals surface area contributed by atoms with E-state index in [9.17, 15) is 5.11 Å². The van der Waals surface area contributed by atoms with Crippen LogP contribution in [0.4, 0.5) is 0 Å². The third kappa shape index (κ3) is 1.66. The number of aliphatic hydroxyl groups is 2. The summed E-state index contributed by atoms with van der Waals surface area (Å²) < 4.78 is 16.5. The lowest BCUT2D eigenvalue weighted by Crippen LogP contribution is -2.40. The Bertz CT molecular complexity index is 217. The molecule has 2 N–H and O–H groups in total. The van der Waals surface area contributed by atoms with Gasteiger partial charge in [0.2, 0.25) is 0 Å². The van der Waals surface area contributed by atoms with Crippen LogP contribution in [0.2, 0.25) is 0 Å². The van der Waals surface area contributed by atoms with Gasteiger partial charge in [0, 0.05) is 0 Å². The summed E-state index contributed by atoms with van der Waals surface area (Å²) in [6.45, 7) is 3.74. The summed E-state index contributed by atoms with van der Waals surface area (Å²) in [6, 6.07) is 0. The molecule has 14 heavy (non-hydrogen) atoms. The monoisotopic (exact) mass is 204 g/mol. The summed E-state index contributed by atoms with van der Waals surface area (Å²) in [5.41, 5.74) is 0. The number of aliphatic hydroxyl groups excluding tert-OH is 2. The highest BCUT2D eigenvalue weighted by atomic mass is 16.8. The Kier molecular flexibility index (Phi) is 2.53. The molecule has 2 rings (SSSR count). The van der Waals surface area contributed by atoms with Crippen LogP contribution in [-0.2, 0) is 14.2 Å². The first-order chi connectivity index (χ1) is 6.53. The summed E-state index contributed by atoms with van der Waals surface area (Å²) >= 11 is 0. The number of rotatable bonds is 2. The Balaban J connectivity index is 2.04. The highest BCUT2D eigenvalue weighted by Gasteiger charge is 2.51. The zero-order valence-electron chi connectivity index (χ0n) is 8.34. The van der Waals surface area contributed by atoms with Crippen molar-refractivity contribution in [1.29, 1.82) is 0 Å². The molecule has 2 fully saturated rings. The van der Waals surface area contributed by atoms with Crippen LogP contribution in [-0.4, -0.2) is 53.6 Å². The zero-order chi connectivity index (χ0) is 10.3. The average Bonchev–Trinajstić information content (AvgIpc) is 2.58. The maximum atomic E-state index is 9.46. The van der Waals surface area contributed by atoms with Crippen LogP contribution in [0.3, 0.4) is 0 Å². The molecule has 0 radical (unpaired) electrons. The Morgan fingerprint density at radius 2 is 2.14 bits per heavy atom. The van der Waals surface area contributed by atoms with Crippen molar-refractivity contribution in [2.45, 2.75) is 44.1 Å². The molecule has 0 aromatic carbocycles. The normalized spacial score (nSPS) is 42.4. The van der Waals surface area contributed by atoms with Gasteiger partial charge in [-0.15, -0.1) is 0 Å². The van der Waals surface area contributed by atoms with Gasteiger partial charge >= 0.3 is 0 Å². The van der Waals surface area contributed by atoms with Gasteiger partial charge in [0.05, 0.1) is 13.2 Å². The highest BCUT2D eigenvalue weighted by molar-refractivity contribution is 4.95. The smallest absolute Gasteiger partial charge is 0.164 e. The van der Waals surface area contributed by atoms with Crippen LogP contribution in [0.25, 0.3) is 0 Å². The highest BCUT2D eigenvalue weighted by Crippen LogP contribution is 2.36. The van der Waals surface area contributed by atoms with E-state index >= 15 is 0 Å². The molecular weight excluding hydrogens is 188 g/mol. The predicted molar refractivity (Wildman–Crippen MR) is 46.7 cm³/mol. The van der Waals surface area contributed by atoms with E-state index in [1.165, 1.54) is 0 Å². The number of ether oxygens (including phenoxy) is 3. The lowest BCUT2D eigenvalue weighted by atomic mass is 10.1. The molecule has 0 aromatic heterocycles. The third-order valence-electron chi connectivity index (χ3n) is 2.56. The number of fused-ring (bicyclic) bond motifs is 1. The molecule has 2 heterocycles. The molecule has 0 aliphatic carbocycles. The Morgan fingerprint density at radius 3 is 2.79 bits per heavy atom. The van der Waals surface area contributed by atoms with Crippen molar-refractivity contribution in [3.8, 4) is 0 Å². The molecule has 0 saturated carbocycles. The topological polar surface area (TPSA) is 68.2 Å². The van der Waals surface area contributed by atoms with Crippen molar-refractivity contribution in [2.75, 3.05) is 13.2 Å². The second-order valence-corrected chi connectivity index (χ2v) is 4.19. The predicted octanol–water partition coefficient (Wildman–Crippen LogP) is -0.742. The summed E-state index contributed by atoms with van der Waals surface area (Å²) in [6.07, 6.45) is -1.78. The molecule has 2 unspecified atom stereocenters. The van der Waals surface area contributed by atoms with Crippen LogP contribution >= 0.6 is 0 Å². The van der Waals surface area contributed by atoms with Gasteiger partial charge in [-0.2, -0.15) is 0 Å².